The molecule has 0 aliphatic heterocycles. The molecule has 4 nitrogen and oxygen atoms in total. The van der Waals surface area contributed by atoms with Crippen molar-refractivity contribution in [1.82, 2.24) is 19.4 Å². The Labute approximate surface area is 269 Å². The second kappa shape index (κ2) is 13.3. The van der Waals surface area contributed by atoms with E-state index in [1.807, 2.05) is 6.07 Å². The maximum Gasteiger partial charge on any atom is 0.128 e. The van der Waals surface area contributed by atoms with Gasteiger partial charge in [-0.15, -0.1) is 35.7 Å². The van der Waals surface area contributed by atoms with Crippen molar-refractivity contribution in [2.75, 3.05) is 0 Å². The maximum atomic E-state index is 13.1. The molecule has 7 heteroatoms. The van der Waals surface area contributed by atoms with Gasteiger partial charge in [-0.2, -0.15) is 0 Å². The Morgan fingerprint density at radius 1 is 0.773 bits per heavy atom. The van der Waals surface area contributed by atoms with Crippen LogP contribution >= 0.6 is 0 Å². The average molecular weight is 763 g/mol. The molecule has 0 spiro atoms. The summed E-state index contributed by atoms with van der Waals surface area (Å²) in [6, 6.07) is 31.9. The van der Waals surface area contributed by atoms with Crippen molar-refractivity contribution in [2.45, 2.75) is 40.5 Å². The maximum absolute atomic E-state index is 13.1. The van der Waals surface area contributed by atoms with Crippen LogP contribution in [0.5, 0.6) is 0 Å². The largest absolute Gasteiger partial charge is 0.333 e. The fourth-order valence-electron chi connectivity index (χ4n) is 5.63. The van der Waals surface area contributed by atoms with E-state index in [9.17, 15) is 8.78 Å². The number of fused-ring (bicyclic) bond motifs is 8. The van der Waals surface area contributed by atoms with E-state index in [4.69, 9.17) is 4.98 Å². The van der Waals surface area contributed by atoms with Crippen LogP contribution in [0.4, 0.5) is 8.78 Å². The molecule has 44 heavy (non-hydrogen) atoms. The summed E-state index contributed by atoms with van der Waals surface area (Å²) in [5, 5.41) is 3.62. The normalized spacial score (nSPS) is 11.4. The molecular weight excluding hydrogens is 731 g/mol. The van der Waals surface area contributed by atoms with Gasteiger partial charge < -0.3 is 9.38 Å². The SMILES string of the molecule is CC(C)Cc1ccc2c(c1)c1ccc[c-]c1c1nc3ccc(CC(C)C)cc3n21.Fc1c[c-]c(-c2ccccn2)c(F)n1.[Ir]. The van der Waals surface area contributed by atoms with Crippen molar-refractivity contribution in [1.29, 1.82) is 0 Å². The van der Waals surface area contributed by atoms with Crippen LogP contribution in [0.1, 0.15) is 38.8 Å². The van der Waals surface area contributed by atoms with E-state index < -0.39 is 11.9 Å². The molecule has 0 bridgehead atoms. The molecule has 4 heterocycles. The van der Waals surface area contributed by atoms with Gasteiger partial charge in [0.2, 0.25) is 0 Å². The van der Waals surface area contributed by atoms with Gasteiger partial charge in [0.25, 0.3) is 0 Å². The number of rotatable bonds is 5. The van der Waals surface area contributed by atoms with Crippen molar-refractivity contribution >= 4 is 38.4 Å². The first-order chi connectivity index (χ1) is 20.8. The molecule has 0 aliphatic rings. The van der Waals surface area contributed by atoms with E-state index in [1.54, 1.807) is 18.2 Å². The third-order valence-electron chi connectivity index (χ3n) is 7.35. The van der Waals surface area contributed by atoms with Gasteiger partial charge in [0.15, 0.2) is 0 Å². The number of nitrogens with zero attached hydrogens (tertiary/aromatic N) is 4. The summed E-state index contributed by atoms with van der Waals surface area (Å²) >= 11 is 0. The standard InChI is InChI=1S/C27H27N2.C10H5F2N2.Ir/c1-17(2)13-19-10-12-25-23(15-19)21-7-5-6-8-22(21)27-28-24-11-9-20(14-18(3)4)16-26(24)29(25)27;11-9-5-4-7(10(12)14-9)8-3-1-2-6-13-8;/h5-7,9-12,15-18H,13-14H2,1-4H3;1-3,5-6H;/q2*-1;. The molecule has 0 amide bonds. The van der Waals surface area contributed by atoms with Gasteiger partial charge in [-0.3, -0.25) is 9.97 Å². The quantitative estimate of drug-likeness (QED) is 0.0999. The fourth-order valence-corrected chi connectivity index (χ4v) is 5.63. The molecule has 7 rings (SSSR count). The van der Waals surface area contributed by atoms with Gasteiger partial charge in [-0.05, 0) is 71.1 Å². The van der Waals surface area contributed by atoms with Crippen LogP contribution in [-0.2, 0) is 32.9 Å². The molecule has 0 atom stereocenters. The van der Waals surface area contributed by atoms with Crippen LogP contribution in [-0.4, -0.2) is 19.4 Å². The zero-order valence-electron chi connectivity index (χ0n) is 25.0. The summed E-state index contributed by atoms with van der Waals surface area (Å²) in [4.78, 5) is 12.0. The van der Waals surface area contributed by atoms with Gasteiger partial charge >= 0.3 is 0 Å². The van der Waals surface area contributed by atoms with E-state index in [-0.39, 0.29) is 25.7 Å². The summed E-state index contributed by atoms with van der Waals surface area (Å²) in [5.74, 6) is -0.510. The topological polar surface area (TPSA) is 43.1 Å². The fraction of sp³-hybridized carbons (Fsp3) is 0.216. The zero-order chi connectivity index (χ0) is 30.1. The molecule has 7 aromatic rings. The van der Waals surface area contributed by atoms with Gasteiger partial charge in [-0.25, -0.2) is 8.78 Å². The van der Waals surface area contributed by atoms with Crippen molar-refractivity contribution in [2.24, 2.45) is 11.8 Å². The van der Waals surface area contributed by atoms with E-state index in [0.29, 0.717) is 17.5 Å². The Morgan fingerprint density at radius 2 is 1.52 bits per heavy atom. The summed E-state index contributed by atoms with van der Waals surface area (Å²) in [5.41, 5.74) is 7.70. The minimum atomic E-state index is -0.899. The van der Waals surface area contributed by atoms with Crippen molar-refractivity contribution in [3.05, 3.63) is 120 Å². The molecule has 0 saturated heterocycles. The van der Waals surface area contributed by atoms with Crippen LogP contribution in [0.3, 0.4) is 0 Å². The molecule has 3 aromatic carbocycles. The summed E-state index contributed by atoms with van der Waals surface area (Å²) in [7, 11) is 0. The Morgan fingerprint density at radius 3 is 2.23 bits per heavy atom. The second-order valence-corrected chi connectivity index (χ2v) is 11.7. The first-order valence-corrected chi connectivity index (χ1v) is 14.6. The molecule has 0 fully saturated rings. The Kier molecular flexibility index (Phi) is 9.47. The third kappa shape index (κ3) is 6.40. The van der Waals surface area contributed by atoms with E-state index in [2.05, 4.69) is 103 Å². The van der Waals surface area contributed by atoms with Gasteiger partial charge in [0.05, 0.1) is 16.7 Å². The van der Waals surface area contributed by atoms with Crippen LogP contribution in [0.15, 0.2) is 85.1 Å². The molecule has 1 radical (unpaired) electrons. The summed E-state index contributed by atoms with van der Waals surface area (Å²) < 4.78 is 27.9. The number of hydrogen-bond acceptors (Lipinski definition) is 3. The summed E-state index contributed by atoms with van der Waals surface area (Å²) in [6.07, 6.45) is 3.69. The van der Waals surface area contributed by atoms with E-state index in [1.165, 1.54) is 39.1 Å². The van der Waals surface area contributed by atoms with Crippen molar-refractivity contribution < 1.29 is 28.9 Å². The molecule has 0 saturated carbocycles. The van der Waals surface area contributed by atoms with Crippen molar-refractivity contribution in [3.63, 3.8) is 0 Å². The monoisotopic (exact) mass is 763 g/mol. The summed E-state index contributed by atoms with van der Waals surface area (Å²) in [6.45, 7) is 9.09. The van der Waals surface area contributed by atoms with E-state index in [0.717, 1.165) is 35.5 Å². The third-order valence-corrected chi connectivity index (χ3v) is 7.35. The Balaban J connectivity index is 0.000000216. The number of pyridine rings is 3. The molecule has 0 aliphatic carbocycles. The van der Waals surface area contributed by atoms with Crippen LogP contribution in [0.2, 0.25) is 0 Å². The number of halogens is 2. The molecular formula is C37H32F2IrN4-2. The minimum absolute atomic E-state index is 0. The molecule has 0 N–H and O–H groups in total. The predicted molar refractivity (Wildman–Crippen MR) is 170 cm³/mol. The van der Waals surface area contributed by atoms with Crippen LogP contribution in [0.25, 0.3) is 49.6 Å². The van der Waals surface area contributed by atoms with Crippen LogP contribution < -0.4 is 0 Å². The van der Waals surface area contributed by atoms with Gasteiger partial charge in [0, 0.05) is 31.8 Å². The molecule has 225 valence electrons. The average Bonchev–Trinajstić information content (AvgIpc) is 3.37. The first kappa shape index (κ1) is 31.4. The second-order valence-electron chi connectivity index (χ2n) is 11.7. The Bertz CT molecular complexity index is 2070. The van der Waals surface area contributed by atoms with Crippen molar-refractivity contribution in [3.8, 4) is 11.3 Å². The van der Waals surface area contributed by atoms with E-state index >= 15 is 0 Å². The first-order valence-electron chi connectivity index (χ1n) is 14.6. The predicted octanol–water partition coefficient (Wildman–Crippen LogP) is 9.21. The number of imidazole rings is 1. The zero-order valence-corrected chi connectivity index (χ0v) is 27.4. The van der Waals surface area contributed by atoms with Gasteiger partial charge in [0.1, 0.15) is 11.9 Å². The Hall–Kier alpha value is -4.06. The smallest absolute Gasteiger partial charge is 0.128 e. The molecule has 0 unspecified atom stereocenters. The number of benzene rings is 3. The molecule has 4 aromatic heterocycles. The number of hydrogen-bond donors (Lipinski definition) is 0. The minimum Gasteiger partial charge on any atom is -0.333 e. The van der Waals surface area contributed by atoms with Gasteiger partial charge in [-0.1, -0.05) is 75.0 Å². The van der Waals surface area contributed by atoms with Crippen LogP contribution in [0, 0.1) is 35.9 Å². The number of aromatic nitrogens is 4.